The van der Waals surface area contributed by atoms with Crippen LogP contribution in [0.5, 0.6) is 11.5 Å². The molecule has 2 heterocycles. The van der Waals surface area contributed by atoms with E-state index in [1.54, 1.807) is 0 Å². The first-order chi connectivity index (χ1) is 12.6. The molecule has 1 amide bonds. The standard InChI is InChI=1S/C21H22N2O3/c1-14(2)11-23-12-17(16-5-3-4-6-18(16)23)21(24)22-10-15-7-8-19-20(9-15)26-13-25-19/h3-9,12,14H,10-11,13H2,1-2H3,(H,22,24). The van der Waals surface area contributed by atoms with E-state index in [0.717, 1.165) is 34.5 Å². The number of carbonyl (C=O) groups is 1. The molecule has 1 aliphatic rings. The Bertz CT molecular complexity index is 959. The molecule has 1 aliphatic heterocycles. The van der Waals surface area contributed by atoms with Gasteiger partial charge in [0.15, 0.2) is 11.5 Å². The van der Waals surface area contributed by atoms with Crippen LogP contribution in [0.3, 0.4) is 0 Å². The molecule has 0 spiro atoms. The molecule has 0 fully saturated rings. The summed E-state index contributed by atoms with van der Waals surface area (Å²) in [4.78, 5) is 12.8. The van der Waals surface area contributed by atoms with Gasteiger partial charge in [-0.1, -0.05) is 38.1 Å². The highest BCUT2D eigenvalue weighted by molar-refractivity contribution is 6.07. The maximum atomic E-state index is 12.8. The number of nitrogens with one attached hydrogen (secondary N) is 1. The minimum absolute atomic E-state index is 0.0682. The van der Waals surface area contributed by atoms with E-state index in [2.05, 4.69) is 29.8 Å². The van der Waals surface area contributed by atoms with Crippen molar-refractivity contribution in [3.8, 4) is 11.5 Å². The fraction of sp³-hybridized carbons (Fsp3) is 0.286. The highest BCUT2D eigenvalue weighted by Gasteiger charge is 2.16. The minimum atomic E-state index is -0.0682. The van der Waals surface area contributed by atoms with Crippen LogP contribution in [-0.4, -0.2) is 17.3 Å². The summed E-state index contributed by atoms with van der Waals surface area (Å²) in [5, 5.41) is 4.00. The number of ether oxygens (including phenoxy) is 2. The number of nitrogens with zero attached hydrogens (tertiary/aromatic N) is 1. The lowest BCUT2D eigenvalue weighted by atomic mass is 10.1. The van der Waals surface area contributed by atoms with Gasteiger partial charge in [-0.25, -0.2) is 0 Å². The Morgan fingerprint density at radius 1 is 1.15 bits per heavy atom. The number of carbonyl (C=O) groups excluding carboxylic acids is 1. The zero-order chi connectivity index (χ0) is 18.1. The van der Waals surface area contributed by atoms with Gasteiger partial charge in [0.1, 0.15) is 0 Å². The molecular weight excluding hydrogens is 328 g/mol. The molecule has 4 rings (SSSR count). The summed E-state index contributed by atoms with van der Waals surface area (Å²) in [7, 11) is 0. The quantitative estimate of drug-likeness (QED) is 0.758. The van der Waals surface area contributed by atoms with Crippen LogP contribution in [-0.2, 0) is 13.1 Å². The van der Waals surface area contributed by atoms with Gasteiger partial charge in [-0.15, -0.1) is 0 Å². The summed E-state index contributed by atoms with van der Waals surface area (Å²) >= 11 is 0. The Kier molecular flexibility index (Phi) is 4.29. The fourth-order valence-corrected chi connectivity index (χ4v) is 3.30. The van der Waals surface area contributed by atoms with E-state index >= 15 is 0 Å². The van der Waals surface area contributed by atoms with Crippen molar-refractivity contribution in [1.29, 1.82) is 0 Å². The SMILES string of the molecule is CC(C)Cn1cc(C(=O)NCc2ccc3c(c2)OCO3)c2ccccc21. The van der Waals surface area contributed by atoms with E-state index in [0.29, 0.717) is 18.0 Å². The number of benzene rings is 2. The van der Waals surface area contributed by atoms with Crippen molar-refractivity contribution in [1.82, 2.24) is 9.88 Å². The topological polar surface area (TPSA) is 52.5 Å². The predicted molar refractivity (Wildman–Crippen MR) is 101 cm³/mol. The smallest absolute Gasteiger partial charge is 0.253 e. The van der Waals surface area contributed by atoms with Gasteiger partial charge in [0.2, 0.25) is 6.79 Å². The number of hydrogen-bond donors (Lipinski definition) is 1. The molecule has 3 aromatic rings. The third kappa shape index (κ3) is 3.12. The van der Waals surface area contributed by atoms with Gasteiger partial charge in [0, 0.05) is 30.2 Å². The van der Waals surface area contributed by atoms with Crippen LogP contribution < -0.4 is 14.8 Å². The second kappa shape index (κ2) is 6.75. The number of amides is 1. The van der Waals surface area contributed by atoms with Crippen molar-refractivity contribution in [2.45, 2.75) is 26.9 Å². The number of hydrogen-bond acceptors (Lipinski definition) is 3. The van der Waals surface area contributed by atoms with E-state index in [1.165, 1.54) is 0 Å². The molecule has 0 saturated heterocycles. The van der Waals surface area contributed by atoms with Crippen LogP contribution in [0.4, 0.5) is 0 Å². The van der Waals surface area contributed by atoms with Crippen LogP contribution >= 0.6 is 0 Å². The Hall–Kier alpha value is -2.95. The highest BCUT2D eigenvalue weighted by atomic mass is 16.7. The van der Waals surface area contributed by atoms with E-state index in [-0.39, 0.29) is 12.7 Å². The largest absolute Gasteiger partial charge is 0.454 e. The van der Waals surface area contributed by atoms with Crippen LogP contribution in [0.15, 0.2) is 48.7 Å². The summed E-state index contributed by atoms with van der Waals surface area (Å²) in [6.45, 7) is 5.93. The zero-order valence-corrected chi connectivity index (χ0v) is 15.0. The average Bonchev–Trinajstić information content (AvgIpc) is 3.24. The van der Waals surface area contributed by atoms with Crippen molar-refractivity contribution < 1.29 is 14.3 Å². The summed E-state index contributed by atoms with van der Waals surface area (Å²) in [6.07, 6.45) is 1.96. The molecule has 5 heteroatoms. The molecule has 0 saturated carbocycles. The molecular formula is C21H22N2O3. The van der Waals surface area contributed by atoms with Crippen molar-refractivity contribution >= 4 is 16.8 Å². The molecule has 1 aromatic heterocycles. The molecule has 134 valence electrons. The second-order valence-electron chi connectivity index (χ2n) is 6.98. The molecule has 0 unspecified atom stereocenters. The monoisotopic (exact) mass is 350 g/mol. The number of aromatic nitrogens is 1. The fourth-order valence-electron chi connectivity index (χ4n) is 3.30. The van der Waals surface area contributed by atoms with Gasteiger partial charge in [-0.05, 0) is 29.7 Å². The molecule has 0 bridgehead atoms. The van der Waals surface area contributed by atoms with Gasteiger partial charge < -0.3 is 19.4 Å². The van der Waals surface area contributed by atoms with E-state index in [9.17, 15) is 4.79 Å². The Labute approximate surface area is 152 Å². The maximum Gasteiger partial charge on any atom is 0.253 e. The van der Waals surface area contributed by atoms with Crippen molar-refractivity contribution in [2.75, 3.05) is 6.79 Å². The summed E-state index contributed by atoms with van der Waals surface area (Å²) < 4.78 is 12.9. The van der Waals surface area contributed by atoms with Crippen LogP contribution in [0.25, 0.3) is 10.9 Å². The van der Waals surface area contributed by atoms with Gasteiger partial charge in [0.25, 0.3) is 5.91 Å². The van der Waals surface area contributed by atoms with Crippen LogP contribution in [0.2, 0.25) is 0 Å². The van der Waals surface area contributed by atoms with Crippen LogP contribution in [0, 0.1) is 5.92 Å². The second-order valence-corrected chi connectivity index (χ2v) is 6.98. The van der Waals surface area contributed by atoms with Crippen molar-refractivity contribution in [2.24, 2.45) is 5.92 Å². The Balaban J connectivity index is 1.54. The number of fused-ring (bicyclic) bond motifs is 2. The molecule has 1 N–H and O–H groups in total. The number of rotatable bonds is 5. The molecule has 26 heavy (non-hydrogen) atoms. The molecule has 5 nitrogen and oxygen atoms in total. The molecule has 0 atom stereocenters. The third-order valence-corrected chi connectivity index (χ3v) is 4.49. The summed E-state index contributed by atoms with van der Waals surface area (Å²) in [5.41, 5.74) is 2.78. The minimum Gasteiger partial charge on any atom is -0.454 e. The predicted octanol–water partition coefficient (Wildman–Crippen LogP) is 3.96. The molecule has 0 aliphatic carbocycles. The van der Waals surface area contributed by atoms with E-state index in [4.69, 9.17) is 9.47 Å². The zero-order valence-electron chi connectivity index (χ0n) is 15.0. The van der Waals surface area contributed by atoms with E-state index < -0.39 is 0 Å². The average molecular weight is 350 g/mol. The molecule has 2 aromatic carbocycles. The lowest BCUT2D eigenvalue weighted by molar-refractivity contribution is 0.0952. The van der Waals surface area contributed by atoms with E-state index in [1.807, 2.05) is 42.6 Å². The first-order valence-electron chi connectivity index (χ1n) is 8.86. The molecule has 0 radical (unpaired) electrons. The van der Waals surface area contributed by atoms with Crippen molar-refractivity contribution in [3.63, 3.8) is 0 Å². The highest BCUT2D eigenvalue weighted by Crippen LogP contribution is 2.32. The lowest BCUT2D eigenvalue weighted by Crippen LogP contribution is -2.22. The van der Waals surface area contributed by atoms with Crippen molar-refractivity contribution in [3.05, 3.63) is 59.8 Å². The third-order valence-electron chi connectivity index (χ3n) is 4.49. The maximum absolute atomic E-state index is 12.8. The lowest BCUT2D eigenvalue weighted by Gasteiger charge is -2.07. The van der Waals surface area contributed by atoms with Gasteiger partial charge >= 0.3 is 0 Å². The normalized spacial score (nSPS) is 12.7. The van der Waals surface area contributed by atoms with Gasteiger partial charge in [-0.2, -0.15) is 0 Å². The summed E-state index contributed by atoms with van der Waals surface area (Å²) in [6, 6.07) is 13.8. The van der Waals surface area contributed by atoms with Gasteiger partial charge in [-0.3, -0.25) is 4.79 Å². The summed E-state index contributed by atoms with van der Waals surface area (Å²) in [5.74, 6) is 1.92. The Morgan fingerprint density at radius 3 is 2.81 bits per heavy atom. The van der Waals surface area contributed by atoms with Crippen LogP contribution in [0.1, 0.15) is 29.8 Å². The number of para-hydroxylation sites is 1. The Morgan fingerprint density at radius 2 is 1.96 bits per heavy atom. The first kappa shape index (κ1) is 16.5. The van der Waals surface area contributed by atoms with Gasteiger partial charge in [0.05, 0.1) is 5.56 Å². The first-order valence-corrected chi connectivity index (χ1v) is 8.86.